The highest BCUT2D eigenvalue weighted by atomic mass is 16.3. The first-order valence-electron chi connectivity index (χ1n) is 17.2. The maximum atomic E-state index is 6.43. The van der Waals surface area contributed by atoms with Gasteiger partial charge in [0.15, 0.2) is 0 Å². The van der Waals surface area contributed by atoms with Crippen molar-refractivity contribution in [1.82, 2.24) is 4.57 Å². The number of rotatable bonds is 3. The highest BCUT2D eigenvalue weighted by Crippen LogP contribution is 2.47. The first-order valence-corrected chi connectivity index (χ1v) is 17.2. The molecule has 0 atom stereocenters. The van der Waals surface area contributed by atoms with Gasteiger partial charge in [0.05, 0.1) is 11.0 Å². The van der Waals surface area contributed by atoms with E-state index in [9.17, 15) is 0 Å². The van der Waals surface area contributed by atoms with E-state index in [1.807, 2.05) is 6.07 Å². The van der Waals surface area contributed by atoms with Gasteiger partial charge in [0, 0.05) is 27.2 Å². The third kappa shape index (κ3) is 3.85. The molecule has 232 valence electrons. The molecule has 0 saturated carbocycles. The van der Waals surface area contributed by atoms with Crippen LogP contribution in [0.4, 0.5) is 0 Å². The van der Waals surface area contributed by atoms with Crippen molar-refractivity contribution in [1.29, 1.82) is 0 Å². The Morgan fingerprint density at radius 1 is 0.340 bits per heavy atom. The topological polar surface area (TPSA) is 18.1 Å². The molecule has 2 heteroatoms. The van der Waals surface area contributed by atoms with E-state index >= 15 is 0 Å². The van der Waals surface area contributed by atoms with E-state index in [4.69, 9.17) is 4.42 Å². The van der Waals surface area contributed by atoms with E-state index in [2.05, 4.69) is 174 Å². The molecule has 2 heterocycles. The zero-order valence-electron chi connectivity index (χ0n) is 27.1. The molecule has 11 rings (SSSR count). The van der Waals surface area contributed by atoms with Gasteiger partial charge < -0.3 is 8.98 Å². The summed E-state index contributed by atoms with van der Waals surface area (Å²) in [5.74, 6) is 0. The third-order valence-electron chi connectivity index (χ3n) is 10.6. The minimum absolute atomic E-state index is 0.909. The van der Waals surface area contributed by atoms with Gasteiger partial charge >= 0.3 is 0 Å². The van der Waals surface area contributed by atoms with Gasteiger partial charge in [-0.3, -0.25) is 0 Å². The maximum Gasteiger partial charge on any atom is 0.136 e. The average Bonchev–Trinajstić information content (AvgIpc) is 3.70. The van der Waals surface area contributed by atoms with E-state index in [0.717, 1.165) is 27.6 Å². The average molecular weight is 636 g/mol. The molecule has 0 amide bonds. The van der Waals surface area contributed by atoms with E-state index in [1.54, 1.807) is 0 Å². The number of nitrogens with zero attached hydrogens (tertiary/aromatic N) is 1. The smallest absolute Gasteiger partial charge is 0.136 e. The fourth-order valence-corrected chi connectivity index (χ4v) is 8.42. The summed E-state index contributed by atoms with van der Waals surface area (Å²) in [5.41, 5.74) is 10.3. The predicted octanol–water partition coefficient (Wildman–Crippen LogP) is 13.5. The van der Waals surface area contributed by atoms with Crippen LogP contribution >= 0.6 is 0 Å². The number of benzene rings is 9. The van der Waals surface area contributed by atoms with Crippen molar-refractivity contribution in [3.63, 3.8) is 0 Å². The summed E-state index contributed by atoms with van der Waals surface area (Å²) in [4.78, 5) is 0. The van der Waals surface area contributed by atoms with Crippen molar-refractivity contribution in [3.05, 3.63) is 176 Å². The molecule has 2 nitrogen and oxygen atoms in total. The monoisotopic (exact) mass is 635 g/mol. The number of hydrogen-bond donors (Lipinski definition) is 0. The van der Waals surface area contributed by atoms with Crippen LogP contribution < -0.4 is 0 Å². The van der Waals surface area contributed by atoms with Crippen LogP contribution in [0.2, 0.25) is 0 Å². The van der Waals surface area contributed by atoms with Gasteiger partial charge in [0.25, 0.3) is 0 Å². The van der Waals surface area contributed by atoms with E-state index in [-0.39, 0.29) is 0 Å². The Labute approximate surface area is 288 Å². The van der Waals surface area contributed by atoms with Crippen LogP contribution in [0.1, 0.15) is 0 Å². The molecule has 0 aliphatic carbocycles. The van der Waals surface area contributed by atoms with Crippen LogP contribution in [0.25, 0.3) is 104 Å². The molecule has 0 bridgehead atoms. The molecule has 0 N–H and O–H groups in total. The van der Waals surface area contributed by atoms with Gasteiger partial charge in [0.1, 0.15) is 11.2 Å². The van der Waals surface area contributed by atoms with Crippen molar-refractivity contribution in [3.8, 4) is 27.9 Å². The van der Waals surface area contributed by atoms with Gasteiger partial charge in [-0.15, -0.1) is 0 Å². The lowest BCUT2D eigenvalue weighted by Gasteiger charge is -2.19. The fourth-order valence-electron chi connectivity index (χ4n) is 8.42. The highest BCUT2D eigenvalue weighted by molar-refractivity contribution is 6.25. The normalized spacial score (nSPS) is 12.0. The quantitative estimate of drug-likeness (QED) is 0.177. The van der Waals surface area contributed by atoms with Crippen LogP contribution in [-0.4, -0.2) is 4.57 Å². The SMILES string of the molecule is c1ccc(-n2c3ccc(-c4c5ccccc5c(-c5cccc6ccccc56)c5ccccc45)cc3c3cc4oc5ccccc5c4cc32)cc1. The van der Waals surface area contributed by atoms with Crippen molar-refractivity contribution in [2.24, 2.45) is 0 Å². The minimum Gasteiger partial charge on any atom is -0.456 e. The lowest BCUT2D eigenvalue weighted by molar-refractivity contribution is 0.669. The Balaban J connectivity index is 1.25. The second-order valence-corrected chi connectivity index (χ2v) is 13.2. The maximum absolute atomic E-state index is 6.43. The zero-order chi connectivity index (χ0) is 32.8. The molecule has 9 aromatic carbocycles. The van der Waals surface area contributed by atoms with Crippen LogP contribution in [0.5, 0.6) is 0 Å². The Morgan fingerprint density at radius 2 is 0.940 bits per heavy atom. The molecule has 11 aromatic rings. The van der Waals surface area contributed by atoms with Crippen LogP contribution in [-0.2, 0) is 0 Å². The molecule has 0 spiro atoms. The third-order valence-corrected chi connectivity index (χ3v) is 10.6. The summed E-state index contributed by atoms with van der Waals surface area (Å²) >= 11 is 0. The summed E-state index contributed by atoms with van der Waals surface area (Å²) in [7, 11) is 0. The summed E-state index contributed by atoms with van der Waals surface area (Å²) < 4.78 is 8.83. The Bertz CT molecular complexity index is 3080. The Hall–Kier alpha value is -6.64. The Morgan fingerprint density at radius 3 is 1.70 bits per heavy atom. The van der Waals surface area contributed by atoms with Crippen LogP contribution in [0.15, 0.2) is 180 Å². The zero-order valence-corrected chi connectivity index (χ0v) is 27.1. The number of furan rings is 1. The summed E-state index contributed by atoms with van der Waals surface area (Å²) in [6.07, 6.45) is 0. The molecule has 0 radical (unpaired) electrons. The number of aromatic nitrogens is 1. The number of para-hydroxylation sites is 2. The second-order valence-electron chi connectivity index (χ2n) is 13.2. The molecule has 0 aliphatic rings. The summed E-state index contributed by atoms with van der Waals surface area (Å²) in [6.45, 7) is 0. The largest absolute Gasteiger partial charge is 0.456 e. The first kappa shape index (κ1) is 27.3. The second kappa shape index (κ2) is 10.4. The summed E-state index contributed by atoms with van der Waals surface area (Å²) in [5, 5.41) is 12.2. The highest BCUT2D eigenvalue weighted by Gasteiger charge is 2.21. The standard InChI is InChI=1S/C48H29NO/c1-2-15-32(16-3-1)49-43-26-25-31(27-40(43)41-29-46-42(28-44(41)49)34-18-10-11-24-45(34)50-46)47-36-19-6-8-21-38(36)48(39-22-9-7-20-37(39)47)35-23-12-14-30-13-4-5-17-33(30)35/h1-29H. The Kier molecular flexibility index (Phi) is 5.70. The van der Waals surface area contributed by atoms with E-state index in [0.29, 0.717) is 0 Å². The predicted molar refractivity (Wildman–Crippen MR) is 211 cm³/mol. The van der Waals surface area contributed by atoms with E-state index < -0.39 is 0 Å². The molecular formula is C48H29NO. The lowest BCUT2D eigenvalue weighted by Crippen LogP contribution is -1.93. The molecule has 50 heavy (non-hydrogen) atoms. The minimum atomic E-state index is 0.909. The lowest BCUT2D eigenvalue weighted by atomic mass is 9.84. The number of fused-ring (bicyclic) bond motifs is 9. The molecule has 0 saturated heterocycles. The van der Waals surface area contributed by atoms with Gasteiger partial charge in [0.2, 0.25) is 0 Å². The number of hydrogen-bond acceptors (Lipinski definition) is 1. The molecule has 0 aliphatic heterocycles. The fraction of sp³-hybridized carbons (Fsp3) is 0. The molecule has 0 unspecified atom stereocenters. The van der Waals surface area contributed by atoms with Gasteiger partial charge in [-0.1, -0.05) is 133 Å². The van der Waals surface area contributed by atoms with Gasteiger partial charge in [-0.25, -0.2) is 0 Å². The van der Waals surface area contributed by atoms with Crippen LogP contribution in [0.3, 0.4) is 0 Å². The first-order chi connectivity index (χ1) is 24.8. The van der Waals surface area contributed by atoms with Crippen molar-refractivity contribution < 1.29 is 4.42 Å². The molecule has 2 aromatic heterocycles. The molecular weight excluding hydrogens is 607 g/mol. The summed E-state index contributed by atoms with van der Waals surface area (Å²) in [6, 6.07) is 63.8. The van der Waals surface area contributed by atoms with E-state index in [1.165, 1.54) is 76.4 Å². The molecule has 0 fully saturated rings. The van der Waals surface area contributed by atoms with Crippen molar-refractivity contribution >= 4 is 76.1 Å². The van der Waals surface area contributed by atoms with Crippen LogP contribution in [0, 0.1) is 0 Å². The van der Waals surface area contributed by atoms with Gasteiger partial charge in [-0.2, -0.15) is 0 Å². The van der Waals surface area contributed by atoms with Crippen molar-refractivity contribution in [2.45, 2.75) is 0 Å². The van der Waals surface area contributed by atoms with Gasteiger partial charge in [-0.05, 0) is 97.0 Å². The van der Waals surface area contributed by atoms with Crippen molar-refractivity contribution in [2.75, 3.05) is 0 Å².